The van der Waals surface area contributed by atoms with Crippen LogP contribution in [-0.4, -0.2) is 36.9 Å². The molecular weight excluding hydrogens is 434 g/mol. The maximum Gasteiger partial charge on any atom is 0.324 e. The summed E-state index contributed by atoms with van der Waals surface area (Å²) in [5, 5.41) is 0. The van der Waals surface area contributed by atoms with Gasteiger partial charge in [0.25, 0.3) is 5.56 Å². The van der Waals surface area contributed by atoms with Gasteiger partial charge in [-0.15, -0.1) is 0 Å². The summed E-state index contributed by atoms with van der Waals surface area (Å²) in [6.07, 6.45) is 1.61. The smallest absolute Gasteiger partial charge is 0.324 e. The van der Waals surface area contributed by atoms with Crippen LogP contribution in [0.3, 0.4) is 0 Å². The Morgan fingerprint density at radius 3 is 2.50 bits per heavy atom. The minimum absolute atomic E-state index is 0.00329. The van der Waals surface area contributed by atoms with Crippen LogP contribution in [0.2, 0.25) is 0 Å². The number of pyridine rings is 1. The molecule has 0 amide bonds. The molecule has 1 N–H and O–H groups in total. The summed E-state index contributed by atoms with van der Waals surface area (Å²) in [6, 6.07) is 9.54. The molecule has 0 bridgehead atoms. The zero-order valence-corrected chi connectivity index (χ0v) is 19.0. The van der Waals surface area contributed by atoms with Gasteiger partial charge in [-0.25, -0.2) is 13.4 Å². The maximum atomic E-state index is 12.7. The zero-order chi connectivity index (χ0) is 23.5. The number of methoxy groups -OCH3 is 1. The molecule has 1 unspecified atom stereocenters. The van der Waals surface area contributed by atoms with Gasteiger partial charge >= 0.3 is 5.97 Å². The monoisotopic (exact) mass is 459 g/mol. The number of carbonyl (C=O) groups is 1. The Bertz CT molecular complexity index is 1280. The number of nitrogens with one attached hydrogen (secondary N) is 1. The average molecular weight is 460 g/mol. The number of hydrogen-bond acceptors (Lipinski definition) is 7. The lowest BCUT2D eigenvalue weighted by molar-refractivity contribution is -0.148. The van der Waals surface area contributed by atoms with Crippen molar-refractivity contribution in [1.29, 1.82) is 0 Å². The molecule has 2 heterocycles. The van der Waals surface area contributed by atoms with Crippen LogP contribution >= 0.6 is 0 Å². The van der Waals surface area contributed by atoms with Gasteiger partial charge in [-0.2, -0.15) is 4.72 Å². The fraction of sp³-hybridized carbons (Fsp3) is 0.318. The third-order valence-electron chi connectivity index (χ3n) is 4.87. The van der Waals surface area contributed by atoms with Crippen LogP contribution in [0, 0.1) is 12.8 Å². The number of aryl methyl sites for hydroxylation is 1. The van der Waals surface area contributed by atoms with Gasteiger partial charge in [0.1, 0.15) is 24.0 Å². The number of sulfonamides is 1. The van der Waals surface area contributed by atoms with E-state index in [4.69, 9.17) is 9.47 Å². The van der Waals surface area contributed by atoms with Crippen LogP contribution in [0.15, 0.2) is 58.4 Å². The van der Waals surface area contributed by atoms with E-state index in [-0.39, 0.29) is 28.7 Å². The van der Waals surface area contributed by atoms with Crippen LogP contribution in [-0.2, 0) is 26.2 Å². The standard InChI is InChI=1S/C22H25N3O6S/c1-14(2)20(24-32(28,29)18-9-7-17(30-4)8-10-18)22(27)31-13-16-12-19(26)25-11-5-6-15(3)21(25)23-16/h5-12,14,20,24H,13H2,1-4H3. The van der Waals surface area contributed by atoms with Gasteiger partial charge in [0.2, 0.25) is 10.0 Å². The fourth-order valence-electron chi connectivity index (χ4n) is 3.06. The number of hydrogen-bond donors (Lipinski definition) is 1. The summed E-state index contributed by atoms with van der Waals surface area (Å²) in [5.41, 5.74) is 1.24. The number of aromatic nitrogens is 2. The predicted octanol–water partition coefficient (Wildman–Crippen LogP) is 2.06. The fourth-order valence-corrected chi connectivity index (χ4v) is 4.40. The third kappa shape index (κ3) is 5.14. The van der Waals surface area contributed by atoms with Crippen LogP contribution in [0.5, 0.6) is 5.75 Å². The summed E-state index contributed by atoms with van der Waals surface area (Å²) >= 11 is 0. The van der Waals surface area contributed by atoms with Gasteiger partial charge in [0, 0.05) is 12.3 Å². The average Bonchev–Trinajstić information content (AvgIpc) is 2.76. The second-order valence-electron chi connectivity index (χ2n) is 7.60. The van der Waals surface area contributed by atoms with Crippen LogP contribution < -0.4 is 15.0 Å². The number of fused-ring (bicyclic) bond motifs is 1. The molecule has 32 heavy (non-hydrogen) atoms. The number of rotatable bonds is 8. The summed E-state index contributed by atoms with van der Waals surface area (Å²) < 4.78 is 39.6. The highest BCUT2D eigenvalue weighted by molar-refractivity contribution is 7.89. The van der Waals surface area contributed by atoms with Crippen molar-refractivity contribution in [2.75, 3.05) is 7.11 Å². The molecule has 0 aliphatic rings. The highest BCUT2D eigenvalue weighted by atomic mass is 32.2. The van der Waals surface area contributed by atoms with Gasteiger partial charge in [0.05, 0.1) is 17.7 Å². The van der Waals surface area contributed by atoms with E-state index in [2.05, 4.69) is 9.71 Å². The first-order valence-electron chi connectivity index (χ1n) is 9.93. The van der Waals surface area contributed by atoms with Crippen molar-refractivity contribution >= 4 is 21.6 Å². The van der Waals surface area contributed by atoms with Crippen molar-refractivity contribution in [3.05, 3.63) is 70.3 Å². The molecule has 0 aliphatic carbocycles. The molecule has 170 valence electrons. The van der Waals surface area contributed by atoms with Crippen molar-refractivity contribution in [3.8, 4) is 5.75 Å². The van der Waals surface area contributed by atoms with Gasteiger partial charge in [-0.05, 0) is 48.7 Å². The van der Waals surface area contributed by atoms with E-state index in [1.165, 1.54) is 41.8 Å². The first-order valence-corrected chi connectivity index (χ1v) is 11.4. The van der Waals surface area contributed by atoms with Crippen LogP contribution in [0.4, 0.5) is 0 Å². The van der Waals surface area contributed by atoms with Crippen LogP contribution in [0.1, 0.15) is 25.1 Å². The molecular formula is C22H25N3O6S. The van der Waals surface area contributed by atoms with E-state index in [9.17, 15) is 18.0 Å². The Balaban J connectivity index is 1.76. The number of benzene rings is 1. The maximum absolute atomic E-state index is 12.7. The SMILES string of the molecule is COc1ccc(S(=O)(=O)NC(C(=O)OCc2cc(=O)n3cccc(C)c3n2)C(C)C)cc1. The van der Waals surface area contributed by atoms with Crippen LogP contribution in [0.25, 0.3) is 5.65 Å². The largest absolute Gasteiger partial charge is 0.497 e. The number of carbonyl (C=O) groups excluding carboxylic acids is 1. The van der Waals surface area contributed by atoms with Crippen molar-refractivity contribution in [1.82, 2.24) is 14.1 Å². The predicted molar refractivity (Wildman–Crippen MR) is 118 cm³/mol. The molecule has 1 atom stereocenters. The molecule has 2 aromatic heterocycles. The van der Waals surface area contributed by atoms with Gasteiger partial charge in [-0.1, -0.05) is 19.9 Å². The molecule has 3 aromatic rings. The van der Waals surface area contributed by atoms with E-state index in [0.29, 0.717) is 11.4 Å². The van der Waals surface area contributed by atoms with E-state index in [0.717, 1.165) is 5.56 Å². The highest BCUT2D eigenvalue weighted by Crippen LogP contribution is 2.17. The zero-order valence-electron chi connectivity index (χ0n) is 18.2. The van der Waals surface area contributed by atoms with Crippen molar-refractivity contribution in [2.45, 2.75) is 38.3 Å². The summed E-state index contributed by atoms with van der Waals surface area (Å²) in [6.45, 7) is 4.96. The lowest BCUT2D eigenvalue weighted by Crippen LogP contribution is -2.45. The molecule has 9 nitrogen and oxygen atoms in total. The van der Waals surface area contributed by atoms with Gasteiger partial charge in [-0.3, -0.25) is 14.0 Å². The van der Waals surface area contributed by atoms with Gasteiger partial charge < -0.3 is 9.47 Å². The molecule has 0 radical (unpaired) electrons. The molecule has 0 saturated carbocycles. The van der Waals surface area contributed by atoms with E-state index < -0.39 is 22.0 Å². The number of nitrogens with zero attached hydrogens (tertiary/aromatic N) is 2. The summed E-state index contributed by atoms with van der Waals surface area (Å²) in [7, 11) is -2.50. The Kier molecular flexibility index (Phi) is 6.95. The van der Waals surface area contributed by atoms with Crippen molar-refractivity contribution < 1.29 is 22.7 Å². The first-order chi connectivity index (χ1) is 15.1. The number of esters is 1. The minimum atomic E-state index is -3.97. The van der Waals surface area contributed by atoms with E-state index in [1.54, 1.807) is 26.1 Å². The van der Waals surface area contributed by atoms with Gasteiger partial charge in [0.15, 0.2) is 0 Å². The Morgan fingerprint density at radius 1 is 1.19 bits per heavy atom. The third-order valence-corrected chi connectivity index (χ3v) is 6.33. The molecule has 1 aromatic carbocycles. The molecule has 0 saturated heterocycles. The van der Waals surface area contributed by atoms with Crippen molar-refractivity contribution in [2.24, 2.45) is 5.92 Å². The topological polar surface area (TPSA) is 116 Å². The second kappa shape index (κ2) is 9.49. The Hall–Kier alpha value is -3.24. The number of ether oxygens (including phenoxy) is 2. The van der Waals surface area contributed by atoms with Crippen molar-refractivity contribution in [3.63, 3.8) is 0 Å². The first kappa shape index (κ1) is 23.4. The summed E-state index contributed by atoms with van der Waals surface area (Å²) in [4.78, 5) is 29.4. The molecule has 10 heteroatoms. The quantitative estimate of drug-likeness (QED) is 0.513. The molecule has 0 fully saturated rings. The Labute approximate surface area is 186 Å². The molecule has 0 aliphatic heterocycles. The lowest BCUT2D eigenvalue weighted by atomic mass is 10.1. The van der Waals surface area contributed by atoms with E-state index >= 15 is 0 Å². The second-order valence-corrected chi connectivity index (χ2v) is 9.31. The highest BCUT2D eigenvalue weighted by Gasteiger charge is 2.30. The molecule has 3 rings (SSSR count). The van der Waals surface area contributed by atoms with E-state index in [1.807, 2.05) is 13.0 Å². The summed E-state index contributed by atoms with van der Waals surface area (Å²) in [5.74, 6) is -0.630. The normalized spacial score (nSPS) is 12.7. The molecule has 0 spiro atoms. The minimum Gasteiger partial charge on any atom is -0.497 e. The lowest BCUT2D eigenvalue weighted by Gasteiger charge is -2.21. The Morgan fingerprint density at radius 2 is 1.88 bits per heavy atom.